The summed E-state index contributed by atoms with van der Waals surface area (Å²) in [6.45, 7) is 8.66. The van der Waals surface area contributed by atoms with E-state index in [1.165, 1.54) is 54.6 Å². The van der Waals surface area contributed by atoms with Crippen LogP contribution in [0.3, 0.4) is 0 Å². The molecular weight excluding hydrogens is 609 g/mol. The van der Waals surface area contributed by atoms with Gasteiger partial charge in [0.25, 0.3) is 0 Å². The molecule has 1 atom stereocenters. The normalized spacial score (nSPS) is 14.3. The molecule has 1 unspecified atom stereocenters. The summed E-state index contributed by atoms with van der Waals surface area (Å²) >= 11 is 0. The zero-order valence-electron chi connectivity index (χ0n) is 28.7. The van der Waals surface area contributed by atoms with E-state index in [0.29, 0.717) is 11.1 Å². The van der Waals surface area contributed by atoms with Gasteiger partial charge in [-0.3, -0.25) is 0 Å². The van der Waals surface area contributed by atoms with E-state index in [9.17, 15) is 10.5 Å². The van der Waals surface area contributed by atoms with Gasteiger partial charge in [-0.05, 0) is 140 Å². The van der Waals surface area contributed by atoms with Crippen molar-refractivity contribution in [2.45, 2.75) is 40.2 Å². The topological polar surface area (TPSA) is 54.1 Å². The molecule has 0 bridgehead atoms. The van der Waals surface area contributed by atoms with E-state index in [0.717, 1.165) is 34.9 Å². The Morgan fingerprint density at radius 1 is 0.560 bits per heavy atom. The second-order valence-electron chi connectivity index (χ2n) is 13.6. The van der Waals surface area contributed by atoms with Crippen LogP contribution in [0.2, 0.25) is 0 Å². The number of anilines is 5. The first-order valence-electron chi connectivity index (χ1n) is 17.1. The van der Waals surface area contributed by atoms with Gasteiger partial charge in [0.15, 0.2) is 0 Å². The smallest absolute Gasteiger partial charge is 0.0991 e. The molecule has 0 aliphatic heterocycles. The SMILES string of the molecule is CC1=CC(N(c2ccc(C#N)cc2)c2ccc3ccc4c(N(c5ccc(C#N)cc5)c5cc(C)cc(C)c5)ccc5ccc2c3c54)CC(C)=C1. The van der Waals surface area contributed by atoms with Gasteiger partial charge >= 0.3 is 0 Å². The van der Waals surface area contributed by atoms with Gasteiger partial charge in [-0.1, -0.05) is 65.8 Å². The largest absolute Gasteiger partial charge is 0.334 e. The lowest BCUT2D eigenvalue weighted by molar-refractivity contribution is 0.752. The first kappa shape index (κ1) is 30.9. The van der Waals surface area contributed by atoms with E-state index < -0.39 is 0 Å². The third-order valence-electron chi connectivity index (χ3n) is 9.90. The minimum Gasteiger partial charge on any atom is -0.334 e. The molecule has 0 saturated heterocycles. The summed E-state index contributed by atoms with van der Waals surface area (Å²) in [4.78, 5) is 4.77. The van der Waals surface area contributed by atoms with E-state index >= 15 is 0 Å². The Bertz CT molecular complexity index is 2560. The van der Waals surface area contributed by atoms with Gasteiger partial charge in [-0.15, -0.1) is 0 Å². The molecule has 0 radical (unpaired) electrons. The molecule has 1 aliphatic rings. The fourth-order valence-electron chi connectivity index (χ4n) is 7.93. The lowest BCUT2D eigenvalue weighted by atomic mass is 9.90. The summed E-state index contributed by atoms with van der Waals surface area (Å²) in [5.74, 6) is 0. The third-order valence-corrected chi connectivity index (χ3v) is 9.90. The van der Waals surface area contributed by atoms with Crippen molar-refractivity contribution in [1.82, 2.24) is 0 Å². The summed E-state index contributed by atoms with van der Waals surface area (Å²) in [5.41, 5.74) is 11.7. The minimum absolute atomic E-state index is 0.124. The predicted octanol–water partition coefficient (Wildman–Crippen LogP) is 12.2. The molecule has 7 aromatic rings. The van der Waals surface area contributed by atoms with Crippen molar-refractivity contribution in [2.24, 2.45) is 0 Å². The Kier molecular flexibility index (Phi) is 7.59. The zero-order valence-corrected chi connectivity index (χ0v) is 28.7. The Labute approximate surface area is 293 Å². The van der Waals surface area contributed by atoms with E-state index in [1.54, 1.807) is 0 Å². The van der Waals surface area contributed by atoms with E-state index in [2.05, 4.69) is 141 Å². The van der Waals surface area contributed by atoms with E-state index in [-0.39, 0.29) is 6.04 Å². The molecule has 4 nitrogen and oxygen atoms in total. The van der Waals surface area contributed by atoms with Crippen LogP contribution >= 0.6 is 0 Å². The van der Waals surface area contributed by atoms with Crippen LogP contribution in [0.1, 0.15) is 42.5 Å². The number of allylic oxidation sites excluding steroid dienone is 2. The first-order chi connectivity index (χ1) is 24.3. The molecule has 1 aliphatic carbocycles. The van der Waals surface area contributed by atoms with Crippen LogP contribution < -0.4 is 9.80 Å². The highest BCUT2D eigenvalue weighted by Crippen LogP contribution is 2.47. The second kappa shape index (κ2) is 12.3. The lowest BCUT2D eigenvalue weighted by Gasteiger charge is -2.35. The van der Waals surface area contributed by atoms with Gasteiger partial charge in [0.05, 0.1) is 35.0 Å². The van der Waals surface area contributed by atoms with Crippen LogP contribution in [0, 0.1) is 36.5 Å². The maximum absolute atomic E-state index is 9.56. The molecule has 0 heterocycles. The Balaban J connectivity index is 1.39. The lowest BCUT2D eigenvalue weighted by Crippen LogP contribution is -2.31. The van der Waals surface area contributed by atoms with Crippen molar-refractivity contribution in [3.8, 4) is 12.1 Å². The highest BCUT2D eigenvalue weighted by molar-refractivity contribution is 6.28. The van der Waals surface area contributed by atoms with Crippen molar-refractivity contribution >= 4 is 60.8 Å². The van der Waals surface area contributed by atoms with Crippen LogP contribution in [0.15, 0.2) is 139 Å². The van der Waals surface area contributed by atoms with Crippen molar-refractivity contribution in [3.63, 3.8) is 0 Å². The molecule has 240 valence electrons. The molecular formula is C46H36N4. The predicted molar refractivity (Wildman–Crippen MR) is 208 cm³/mol. The number of hydrogen-bond donors (Lipinski definition) is 0. The van der Waals surface area contributed by atoms with Gasteiger partial charge in [0.1, 0.15) is 0 Å². The Morgan fingerprint density at radius 2 is 1.08 bits per heavy atom. The standard InChI is InChI=1S/C46H36N4/c1-29-21-30(2)24-39(23-29)49(37-13-5-33(27-47)6-14-37)43-19-11-35-10-18-42-44(20-12-36-9-17-41(43)45(35)46(36)42)50(38-15-7-34(28-48)8-16-38)40-25-31(3)22-32(4)26-40/h5-25,40H,26H2,1-4H3. The van der Waals surface area contributed by atoms with E-state index in [4.69, 9.17) is 0 Å². The molecule has 50 heavy (non-hydrogen) atoms. The molecule has 8 rings (SSSR count). The van der Waals surface area contributed by atoms with Gasteiger partial charge < -0.3 is 9.80 Å². The highest BCUT2D eigenvalue weighted by Gasteiger charge is 2.26. The van der Waals surface area contributed by atoms with Gasteiger partial charge in [-0.25, -0.2) is 0 Å². The number of nitriles is 2. The molecule has 0 amide bonds. The molecule has 0 spiro atoms. The second-order valence-corrected chi connectivity index (χ2v) is 13.6. The third kappa shape index (κ3) is 5.33. The molecule has 0 N–H and O–H groups in total. The number of rotatable bonds is 6. The summed E-state index contributed by atoms with van der Waals surface area (Å²) in [6.07, 6.45) is 5.55. The Hall–Kier alpha value is -6.36. The van der Waals surface area contributed by atoms with Crippen LogP contribution in [-0.2, 0) is 0 Å². The maximum atomic E-state index is 9.56. The van der Waals surface area contributed by atoms with E-state index in [1.807, 2.05) is 36.4 Å². The summed E-state index contributed by atoms with van der Waals surface area (Å²) in [7, 11) is 0. The fourth-order valence-corrected chi connectivity index (χ4v) is 7.93. The highest BCUT2D eigenvalue weighted by atomic mass is 15.2. The average molecular weight is 645 g/mol. The number of benzene rings is 7. The first-order valence-corrected chi connectivity index (χ1v) is 17.1. The number of nitrogens with zero attached hydrogens (tertiary/aromatic N) is 4. The van der Waals surface area contributed by atoms with Crippen molar-refractivity contribution in [3.05, 3.63) is 161 Å². The molecule has 4 heteroatoms. The molecule has 0 aromatic heterocycles. The van der Waals surface area contributed by atoms with Crippen LogP contribution in [0.25, 0.3) is 32.3 Å². The van der Waals surface area contributed by atoms with Gasteiger partial charge in [-0.2, -0.15) is 10.5 Å². The quantitative estimate of drug-likeness (QED) is 0.169. The van der Waals surface area contributed by atoms with Crippen molar-refractivity contribution in [2.75, 3.05) is 9.80 Å². The summed E-state index contributed by atoms with van der Waals surface area (Å²) in [6, 6.07) is 45.2. The fraction of sp³-hybridized carbons (Fsp3) is 0.130. The van der Waals surface area contributed by atoms with Crippen molar-refractivity contribution < 1.29 is 0 Å². The maximum Gasteiger partial charge on any atom is 0.0991 e. The monoisotopic (exact) mass is 644 g/mol. The molecule has 0 saturated carbocycles. The molecule has 0 fully saturated rings. The summed E-state index contributed by atoms with van der Waals surface area (Å²) in [5, 5.41) is 26.3. The van der Waals surface area contributed by atoms with Gasteiger partial charge in [0.2, 0.25) is 0 Å². The average Bonchev–Trinajstić information content (AvgIpc) is 3.11. The van der Waals surface area contributed by atoms with Crippen molar-refractivity contribution in [1.29, 1.82) is 10.5 Å². The number of aryl methyl sites for hydroxylation is 2. The minimum atomic E-state index is 0.124. The Morgan fingerprint density at radius 3 is 1.64 bits per heavy atom. The van der Waals surface area contributed by atoms with Crippen LogP contribution in [0.4, 0.5) is 28.4 Å². The zero-order chi connectivity index (χ0) is 34.5. The van der Waals surface area contributed by atoms with Crippen LogP contribution in [-0.4, -0.2) is 6.04 Å². The molecule has 7 aromatic carbocycles. The summed E-state index contributed by atoms with van der Waals surface area (Å²) < 4.78 is 0. The van der Waals surface area contributed by atoms with Gasteiger partial charge in [0, 0.05) is 33.5 Å². The van der Waals surface area contributed by atoms with Crippen LogP contribution in [0.5, 0.6) is 0 Å². The number of hydrogen-bond acceptors (Lipinski definition) is 4.